The van der Waals surface area contributed by atoms with Gasteiger partial charge < -0.3 is 10.6 Å². The second-order valence-electron chi connectivity index (χ2n) is 3.71. The van der Waals surface area contributed by atoms with Gasteiger partial charge >= 0.3 is 0 Å². The molecule has 0 fully saturated rings. The zero-order valence-corrected chi connectivity index (χ0v) is 11.5. The van der Waals surface area contributed by atoms with Crippen molar-refractivity contribution < 1.29 is 0 Å². The molecule has 0 atom stereocenters. The first kappa shape index (κ1) is 12.7. The van der Waals surface area contributed by atoms with Crippen molar-refractivity contribution in [2.45, 2.75) is 9.24 Å². The predicted molar refractivity (Wildman–Crippen MR) is 73.9 cm³/mol. The monoisotopic (exact) mass is 277 g/mol. The Kier molecular flexibility index (Phi) is 3.69. The van der Waals surface area contributed by atoms with E-state index in [0.29, 0.717) is 11.3 Å². The first-order chi connectivity index (χ1) is 8.60. The van der Waals surface area contributed by atoms with Gasteiger partial charge in [-0.1, -0.05) is 23.1 Å². The van der Waals surface area contributed by atoms with Crippen molar-refractivity contribution in [1.82, 2.24) is 10.2 Å². The van der Waals surface area contributed by atoms with E-state index in [4.69, 9.17) is 11.0 Å². The fourth-order valence-corrected chi connectivity index (χ4v) is 3.02. The van der Waals surface area contributed by atoms with E-state index >= 15 is 0 Å². The molecule has 5 nitrogen and oxygen atoms in total. The average Bonchev–Trinajstić information content (AvgIpc) is 2.78. The molecule has 1 heterocycles. The van der Waals surface area contributed by atoms with Crippen molar-refractivity contribution in [1.29, 1.82) is 5.26 Å². The molecular formula is C11H11N5S2. The number of anilines is 2. The Bertz CT molecular complexity index is 600. The van der Waals surface area contributed by atoms with Crippen LogP contribution < -0.4 is 10.6 Å². The Morgan fingerprint density at radius 1 is 1.39 bits per heavy atom. The van der Waals surface area contributed by atoms with Gasteiger partial charge in [0.2, 0.25) is 5.13 Å². The molecule has 1 aromatic heterocycles. The number of hydrogen-bond acceptors (Lipinski definition) is 7. The summed E-state index contributed by atoms with van der Waals surface area (Å²) in [6.07, 6.45) is 0. The second kappa shape index (κ2) is 5.25. The Morgan fingerprint density at radius 3 is 2.72 bits per heavy atom. The van der Waals surface area contributed by atoms with Crippen LogP contribution in [-0.2, 0) is 0 Å². The Balaban J connectivity index is 2.18. The largest absolute Gasteiger partial charge is 0.398 e. The Hall–Kier alpha value is -1.78. The minimum atomic E-state index is 0.486. The maximum absolute atomic E-state index is 8.80. The maximum Gasteiger partial charge on any atom is 0.208 e. The molecule has 1 aromatic carbocycles. The summed E-state index contributed by atoms with van der Waals surface area (Å²) in [6.45, 7) is 0. The first-order valence-corrected chi connectivity index (χ1v) is 6.72. The van der Waals surface area contributed by atoms with Crippen LogP contribution in [0.1, 0.15) is 5.56 Å². The predicted octanol–water partition coefficient (Wildman–Crippen LogP) is 2.21. The molecule has 0 amide bonds. The smallest absolute Gasteiger partial charge is 0.208 e. The van der Waals surface area contributed by atoms with E-state index in [-0.39, 0.29) is 0 Å². The fraction of sp³-hybridized carbons (Fsp3) is 0.182. The van der Waals surface area contributed by atoms with Gasteiger partial charge in [-0.25, -0.2) is 0 Å². The summed E-state index contributed by atoms with van der Waals surface area (Å²) in [5, 5.41) is 17.8. The molecule has 0 aliphatic carbocycles. The summed E-state index contributed by atoms with van der Waals surface area (Å²) in [7, 11) is 3.85. The van der Waals surface area contributed by atoms with Gasteiger partial charge in [0, 0.05) is 19.0 Å². The molecule has 0 aliphatic heterocycles. The molecule has 0 aliphatic rings. The number of nitrogen functional groups attached to an aromatic ring is 1. The third-order valence-electron chi connectivity index (χ3n) is 2.13. The zero-order valence-electron chi connectivity index (χ0n) is 9.91. The van der Waals surface area contributed by atoms with Gasteiger partial charge in [0.15, 0.2) is 4.34 Å². The quantitative estimate of drug-likeness (QED) is 0.867. The second-order valence-corrected chi connectivity index (χ2v) is 5.98. The SMILES string of the molecule is CN(C)c1nnc(Sc2ccc(C#N)c(N)c2)s1. The standard InChI is InChI=1S/C11H11N5S2/c1-16(2)10-14-15-11(18-10)17-8-4-3-7(6-12)9(13)5-8/h3-5H,13H2,1-2H3. The first-order valence-electron chi connectivity index (χ1n) is 5.08. The topological polar surface area (TPSA) is 78.8 Å². The molecule has 2 aromatic rings. The number of nitriles is 1. The van der Waals surface area contributed by atoms with Gasteiger partial charge in [-0.2, -0.15) is 5.26 Å². The number of aromatic nitrogens is 2. The normalized spacial score (nSPS) is 10.1. The molecule has 0 saturated carbocycles. The van der Waals surface area contributed by atoms with Crippen LogP contribution in [0.15, 0.2) is 27.4 Å². The van der Waals surface area contributed by atoms with E-state index < -0.39 is 0 Å². The Labute approximate surface area is 113 Å². The lowest BCUT2D eigenvalue weighted by Crippen LogP contribution is -2.07. The van der Waals surface area contributed by atoms with Crippen LogP contribution in [0.3, 0.4) is 0 Å². The molecule has 2 rings (SSSR count). The highest BCUT2D eigenvalue weighted by molar-refractivity contribution is 8.01. The molecule has 7 heteroatoms. The van der Waals surface area contributed by atoms with Gasteiger partial charge in [0.1, 0.15) is 6.07 Å². The summed E-state index contributed by atoms with van der Waals surface area (Å²) < 4.78 is 0.850. The number of nitrogens with two attached hydrogens (primary N) is 1. The minimum Gasteiger partial charge on any atom is -0.398 e. The molecule has 0 spiro atoms. The summed E-state index contributed by atoms with van der Waals surface area (Å²) in [4.78, 5) is 2.86. The zero-order chi connectivity index (χ0) is 13.1. The Morgan fingerprint density at radius 2 is 2.17 bits per heavy atom. The molecule has 0 radical (unpaired) electrons. The van der Waals surface area contributed by atoms with Crippen molar-refractivity contribution >= 4 is 33.9 Å². The third-order valence-corrected chi connectivity index (χ3v) is 4.26. The third kappa shape index (κ3) is 2.72. The molecule has 0 saturated heterocycles. The number of nitrogens with zero attached hydrogens (tertiary/aromatic N) is 4. The summed E-state index contributed by atoms with van der Waals surface area (Å²) in [5.41, 5.74) is 6.74. The molecule has 18 heavy (non-hydrogen) atoms. The van der Waals surface area contributed by atoms with Crippen LogP contribution in [0.2, 0.25) is 0 Å². The lowest BCUT2D eigenvalue weighted by atomic mass is 10.2. The van der Waals surface area contributed by atoms with E-state index in [9.17, 15) is 0 Å². The molecule has 92 valence electrons. The van der Waals surface area contributed by atoms with Crippen molar-refractivity contribution in [2.24, 2.45) is 0 Å². The molecular weight excluding hydrogens is 266 g/mol. The lowest BCUT2D eigenvalue weighted by molar-refractivity contribution is 0.973. The van der Waals surface area contributed by atoms with Gasteiger partial charge in [-0.05, 0) is 18.2 Å². The molecule has 0 bridgehead atoms. The van der Waals surface area contributed by atoms with E-state index in [1.807, 2.05) is 31.1 Å². The van der Waals surface area contributed by atoms with Crippen LogP contribution in [0.25, 0.3) is 0 Å². The summed E-state index contributed by atoms with van der Waals surface area (Å²) >= 11 is 3.00. The number of benzene rings is 1. The van der Waals surface area contributed by atoms with E-state index in [0.717, 1.165) is 14.4 Å². The lowest BCUT2D eigenvalue weighted by Gasteiger charge is -2.04. The highest BCUT2D eigenvalue weighted by Gasteiger charge is 2.08. The maximum atomic E-state index is 8.80. The van der Waals surface area contributed by atoms with E-state index in [1.54, 1.807) is 12.1 Å². The van der Waals surface area contributed by atoms with Crippen molar-refractivity contribution in [3.05, 3.63) is 23.8 Å². The van der Waals surface area contributed by atoms with Crippen LogP contribution in [-0.4, -0.2) is 24.3 Å². The minimum absolute atomic E-state index is 0.486. The highest BCUT2D eigenvalue weighted by atomic mass is 32.2. The average molecular weight is 277 g/mol. The highest BCUT2D eigenvalue weighted by Crippen LogP contribution is 2.33. The molecule has 2 N–H and O–H groups in total. The molecule has 0 unspecified atom stereocenters. The number of rotatable bonds is 3. The van der Waals surface area contributed by atoms with Crippen molar-refractivity contribution in [3.63, 3.8) is 0 Å². The van der Waals surface area contributed by atoms with Crippen molar-refractivity contribution in [2.75, 3.05) is 24.7 Å². The van der Waals surface area contributed by atoms with Gasteiger partial charge in [0.05, 0.1) is 11.3 Å². The van der Waals surface area contributed by atoms with Crippen LogP contribution in [0.4, 0.5) is 10.8 Å². The van der Waals surface area contributed by atoms with Crippen LogP contribution in [0.5, 0.6) is 0 Å². The van der Waals surface area contributed by atoms with Crippen LogP contribution in [0, 0.1) is 11.3 Å². The van der Waals surface area contributed by atoms with E-state index in [1.165, 1.54) is 23.1 Å². The van der Waals surface area contributed by atoms with Crippen LogP contribution >= 0.6 is 23.1 Å². The number of hydrogen-bond donors (Lipinski definition) is 1. The van der Waals surface area contributed by atoms with Crippen molar-refractivity contribution in [3.8, 4) is 6.07 Å². The fourth-order valence-electron chi connectivity index (χ4n) is 1.23. The summed E-state index contributed by atoms with van der Waals surface area (Å²) in [5.74, 6) is 0. The van der Waals surface area contributed by atoms with Gasteiger partial charge in [-0.15, -0.1) is 10.2 Å². The van der Waals surface area contributed by atoms with E-state index in [2.05, 4.69) is 10.2 Å². The summed E-state index contributed by atoms with van der Waals surface area (Å²) in [6, 6.07) is 7.39. The van der Waals surface area contributed by atoms with Gasteiger partial charge in [-0.3, -0.25) is 0 Å². The van der Waals surface area contributed by atoms with Gasteiger partial charge in [0.25, 0.3) is 0 Å².